The van der Waals surface area contributed by atoms with Crippen molar-refractivity contribution in [3.8, 4) is 45.0 Å². The van der Waals surface area contributed by atoms with Crippen LogP contribution in [0.2, 0.25) is 0 Å². The first-order chi connectivity index (χ1) is 22.6. The lowest BCUT2D eigenvalue weighted by molar-refractivity contribution is 0.799. The molecule has 222 valence electrons. The van der Waals surface area contributed by atoms with Gasteiger partial charge in [0.2, 0.25) is 10.3 Å². The Balaban J connectivity index is 1.24. The maximum absolute atomic E-state index is 5.13. The van der Waals surface area contributed by atoms with Crippen molar-refractivity contribution in [1.82, 2.24) is 29.2 Å². The first-order valence-corrected chi connectivity index (χ1v) is 17.1. The molecular weight excluding hydrogens is 605 g/mol. The summed E-state index contributed by atoms with van der Waals surface area (Å²) in [5, 5.41) is 11.5. The fourth-order valence-electron chi connectivity index (χ4n) is 5.38. The van der Waals surface area contributed by atoms with Gasteiger partial charge in [-0.15, -0.1) is 0 Å². The van der Waals surface area contributed by atoms with Gasteiger partial charge in [-0.2, -0.15) is 10.2 Å². The Bertz CT molecular complexity index is 2140. The molecule has 4 aromatic carbocycles. The Labute approximate surface area is 274 Å². The first-order valence-electron chi connectivity index (χ1n) is 15.0. The Kier molecular flexibility index (Phi) is 7.36. The van der Waals surface area contributed by atoms with Crippen molar-refractivity contribution >= 4 is 32.6 Å². The van der Waals surface area contributed by atoms with E-state index in [0.29, 0.717) is 0 Å². The van der Waals surface area contributed by atoms with E-state index in [1.165, 1.54) is 32.7 Å². The molecule has 0 radical (unpaired) electrons. The van der Waals surface area contributed by atoms with Crippen LogP contribution < -0.4 is 0 Å². The molecule has 0 spiro atoms. The number of hydrogen-bond donors (Lipinski definition) is 0. The quantitative estimate of drug-likeness (QED) is 0.129. The van der Waals surface area contributed by atoms with E-state index in [1.54, 1.807) is 0 Å². The van der Waals surface area contributed by atoms with Gasteiger partial charge >= 0.3 is 0 Å². The number of benzene rings is 4. The lowest BCUT2D eigenvalue weighted by atomic mass is 10.1. The summed E-state index contributed by atoms with van der Waals surface area (Å²) in [7, 11) is 3.06. The van der Waals surface area contributed by atoms with Crippen molar-refractivity contribution in [2.45, 2.75) is 24.2 Å². The molecule has 0 aliphatic heterocycles. The smallest absolute Gasteiger partial charge is 0.201 e. The summed E-state index contributed by atoms with van der Waals surface area (Å²) < 4.78 is 3.86. The number of fused-ring (bicyclic) bond motifs is 2. The maximum atomic E-state index is 5.13. The van der Waals surface area contributed by atoms with Gasteiger partial charge in [0.15, 0.2) is 0 Å². The summed E-state index contributed by atoms with van der Waals surface area (Å²) in [6.45, 7) is 4.19. The van der Waals surface area contributed by atoms with E-state index >= 15 is 0 Å². The summed E-state index contributed by atoms with van der Waals surface area (Å²) in [5.74, 6) is 0. The second-order valence-corrected chi connectivity index (χ2v) is 13.3. The van der Waals surface area contributed by atoms with E-state index in [2.05, 4.69) is 111 Å². The minimum absolute atomic E-state index is 0.756. The van der Waals surface area contributed by atoms with Crippen molar-refractivity contribution in [2.24, 2.45) is 0 Å². The SMILES string of the molecule is Cc1ccc(-c2cc3cc(-c4ccccc4)nn3c(SSc3nc(-c4ccc(C)cc4)cc4cc(-c5ccccc5)nn34)n2)cc1. The van der Waals surface area contributed by atoms with E-state index in [1.807, 2.05) is 45.4 Å². The number of aryl methyl sites for hydroxylation is 2. The molecule has 0 aliphatic rings. The zero-order chi connectivity index (χ0) is 31.0. The summed E-state index contributed by atoms with van der Waals surface area (Å²) in [6, 6.07) is 45.9. The molecule has 0 amide bonds. The molecule has 0 bridgehead atoms. The maximum Gasteiger partial charge on any atom is 0.201 e. The third-order valence-corrected chi connectivity index (χ3v) is 9.92. The zero-order valence-corrected chi connectivity index (χ0v) is 26.8. The molecule has 0 fully saturated rings. The summed E-state index contributed by atoms with van der Waals surface area (Å²) >= 11 is 0. The zero-order valence-electron chi connectivity index (χ0n) is 25.2. The van der Waals surface area contributed by atoms with Crippen LogP contribution in [0.4, 0.5) is 0 Å². The molecule has 0 unspecified atom stereocenters. The summed E-state index contributed by atoms with van der Waals surface area (Å²) in [5.41, 5.74) is 12.2. The standard InChI is InChI=1S/C38H28N6S2/c1-25-13-17-29(18-14-25)33-21-31-23-35(27-9-5-3-6-10-27)41-43(31)37(39-33)45-46-38-40-34(30-19-15-26(2)16-20-30)22-32-24-36(42-44(32)38)28-11-7-4-8-12-28/h3-24H,1-2H3. The molecule has 0 aliphatic carbocycles. The molecule has 8 heteroatoms. The van der Waals surface area contributed by atoms with Crippen molar-refractivity contribution in [2.75, 3.05) is 0 Å². The Morgan fingerprint density at radius 3 is 1.15 bits per heavy atom. The van der Waals surface area contributed by atoms with Gasteiger partial charge in [-0.05, 0) is 59.7 Å². The van der Waals surface area contributed by atoms with Crippen molar-refractivity contribution in [1.29, 1.82) is 0 Å². The van der Waals surface area contributed by atoms with Gasteiger partial charge in [0.25, 0.3) is 0 Å². The van der Waals surface area contributed by atoms with E-state index < -0.39 is 0 Å². The van der Waals surface area contributed by atoms with Crippen LogP contribution in [0.15, 0.2) is 144 Å². The second-order valence-electron chi connectivity index (χ2n) is 11.2. The predicted octanol–water partition coefficient (Wildman–Crippen LogP) is 9.86. The largest absolute Gasteiger partial charge is 0.222 e. The van der Waals surface area contributed by atoms with Crippen molar-refractivity contribution in [3.05, 3.63) is 145 Å². The molecule has 4 heterocycles. The Hall–Kier alpha value is -5.18. The van der Waals surface area contributed by atoms with Crippen LogP contribution in [-0.2, 0) is 0 Å². The Morgan fingerprint density at radius 1 is 0.413 bits per heavy atom. The van der Waals surface area contributed by atoms with Crippen LogP contribution in [0.5, 0.6) is 0 Å². The molecule has 0 saturated carbocycles. The van der Waals surface area contributed by atoms with Gasteiger partial charge in [0, 0.05) is 22.3 Å². The number of aromatic nitrogens is 6. The van der Waals surface area contributed by atoms with E-state index in [0.717, 1.165) is 66.4 Å². The highest BCUT2D eigenvalue weighted by Crippen LogP contribution is 2.39. The third kappa shape index (κ3) is 5.57. The Morgan fingerprint density at radius 2 is 0.761 bits per heavy atom. The fraction of sp³-hybridized carbons (Fsp3) is 0.0526. The van der Waals surface area contributed by atoms with Crippen LogP contribution in [0.3, 0.4) is 0 Å². The van der Waals surface area contributed by atoms with Crippen molar-refractivity contribution < 1.29 is 0 Å². The first kappa shape index (κ1) is 28.3. The molecule has 8 aromatic rings. The predicted molar refractivity (Wildman–Crippen MR) is 189 cm³/mol. The molecule has 0 N–H and O–H groups in total. The molecule has 0 saturated heterocycles. The van der Waals surface area contributed by atoms with Crippen LogP contribution in [0.1, 0.15) is 11.1 Å². The molecule has 0 atom stereocenters. The van der Waals surface area contributed by atoms with Crippen LogP contribution in [0, 0.1) is 13.8 Å². The lowest BCUT2D eigenvalue weighted by Crippen LogP contribution is -2.00. The van der Waals surface area contributed by atoms with Gasteiger partial charge in [0.1, 0.15) is 0 Å². The van der Waals surface area contributed by atoms with Gasteiger partial charge < -0.3 is 0 Å². The minimum atomic E-state index is 0.756. The van der Waals surface area contributed by atoms with Gasteiger partial charge in [-0.25, -0.2) is 19.0 Å². The molecule has 6 nitrogen and oxygen atoms in total. The number of nitrogens with zero attached hydrogens (tertiary/aromatic N) is 6. The average Bonchev–Trinajstić information content (AvgIpc) is 3.74. The topological polar surface area (TPSA) is 60.4 Å². The fourth-order valence-corrected chi connectivity index (χ4v) is 7.32. The van der Waals surface area contributed by atoms with Crippen LogP contribution in [-0.4, -0.2) is 29.2 Å². The number of rotatable bonds is 7. The van der Waals surface area contributed by atoms with E-state index in [-0.39, 0.29) is 0 Å². The normalized spacial score (nSPS) is 11.4. The monoisotopic (exact) mass is 632 g/mol. The highest BCUT2D eigenvalue weighted by molar-refractivity contribution is 8.76. The minimum Gasteiger partial charge on any atom is -0.222 e. The summed E-state index contributed by atoms with van der Waals surface area (Å²) in [4.78, 5) is 10.3. The highest BCUT2D eigenvalue weighted by Gasteiger charge is 2.17. The van der Waals surface area contributed by atoms with Crippen LogP contribution >= 0.6 is 21.6 Å². The van der Waals surface area contributed by atoms with Crippen LogP contribution in [0.25, 0.3) is 56.1 Å². The molecule has 8 rings (SSSR count). The number of hydrogen-bond acceptors (Lipinski definition) is 6. The van der Waals surface area contributed by atoms with Gasteiger partial charge in [0.05, 0.1) is 33.8 Å². The van der Waals surface area contributed by atoms with Crippen molar-refractivity contribution in [3.63, 3.8) is 0 Å². The van der Waals surface area contributed by atoms with Gasteiger partial charge in [-0.3, -0.25) is 0 Å². The van der Waals surface area contributed by atoms with E-state index in [4.69, 9.17) is 20.2 Å². The third-order valence-electron chi connectivity index (χ3n) is 7.86. The molecule has 4 aromatic heterocycles. The lowest BCUT2D eigenvalue weighted by Gasteiger charge is -2.10. The van der Waals surface area contributed by atoms with Gasteiger partial charge in [-0.1, -0.05) is 120 Å². The summed E-state index contributed by atoms with van der Waals surface area (Å²) in [6.07, 6.45) is 0. The highest BCUT2D eigenvalue weighted by atomic mass is 33.1. The van der Waals surface area contributed by atoms with E-state index in [9.17, 15) is 0 Å². The second kappa shape index (κ2) is 12.0. The molecule has 46 heavy (non-hydrogen) atoms. The molecular formula is C38H28N6S2. The average molecular weight is 633 g/mol.